The predicted octanol–water partition coefficient (Wildman–Crippen LogP) is 1.95. The number of carbonyl (C=O) groups is 1. The number of nitrogens with zero attached hydrogens (tertiary/aromatic N) is 3. The Balaban J connectivity index is 1.98. The molecule has 0 bridgehead atoms. The third-order valence-electron chi connectivity index (χ3n) is 4.22. The summed E-state index contributed by atoms with van der Waals surface area (Å²) in [4.78, 5) is 29.7. The summed E-state index contributed by atoms with van der Waals surface area (Å²) in [5.41, 5.74) is 1.86. The van der Waals surface area contributed by atoms with Gasteiger partial charge in [0.15, 0.2) is 0 Å². The van der Waals surface area contributed by atoms with Gasteiger partial charge in [-0.05, 0) is 34.6 Å². The molecule has 8 nitrogen and oxygen atoms in total. The minimum atomic E-state index is -0.580. The van der Waals surface area contributed by atoms with Crippen molar-refractivity contribution in [1.29, 1.82) is 0 Å². The summed E-state index contributed by atoms with van der Waals surface area (Å²) < 4.78 is 12.4. The van der Waals surface area contributed by atoms with Crippen molar-refractivity contribution in [2.75, 3.05) is 19.8 Å². The number of carbonyl (C=O) groups excluding carboxylic acids is 1. The molecule has 1 aliphatic rings. The lowest BCUT2D eigenvalue weighted by Gasteiger charge is -2.35. The highest BCUT2D eigenvalue weighted by atomic mass is 16.6. The number of aryl methyl sites for hydroxylation is 1. The summed E-state index contributed by atoms with van der Waals surface area (Å²) >= 11 is 0. The third-order valence-corrected chi connectivity index (χ3v) is 4.22. The topological polar surface area (TPSA) is 88.9 Å². The van der Waals surface area contributed by atoms with Crippen molar-refractivity contribution in [2.24, 2.45) is 0 Å². The first-order valence-corrected chi connectivity index (χ1v) is 8.34. The number of H-pyrrole nitrogens is 1. The first-order chi connectivity index (χ1) is 11.7. The number of ether oxygens (including phenoxy) is 2. The van der Waals surface area contributed by atoms with Crippen LogP contribution < -0.4 is 5.56 Å². The monoisotopic (exact) mass is 348 g/mol. The van der Waals surface area contributed by atoms with E-state index >= 15 is 0 Å². The number of nitrogens with one attached hydrogen (secondary N) is 1. The van der Waals surface area contributed by atoms with Crippen LogP contribution in [-0.4, -0.2) is 51.0 Å². The molecule has 0 radical (unpaired) electrons. The zero-order valence-electron chi connectivity index (χ0n) is 15.3. The van der Waals surface area contributed by atoms with E-state index in [1.807, 2.05) is 27.7 Å². The molecule has 3 rings (SSSR count). The smallest absolute Gasteiger partial charge is 0.411 e. The summed E-state index contributed by atoms with van der Waals surface area (Å²) in [6, 6.07) is 1.39. The highest BCUT2D eigenvalue weighted by Gasteiger charge is 2.33. The molecule has 1 fully saturated rings. The number of fused-ring (bicyclic) bond motifs is 1. The van der Waals surface area contributed by atoms with Crippen LogP contribution in [0.15, 0.2) is 10.9 Å². The van der Waals surface area contributed by atoms with Crippen molar-refractivity contribution in [2.45, 2.75) is 46.3 Å². The summed E-state index contributed by atoms with van der Waals surface area (Å²) in [6.45, 7) is 10.3. The standard InChI is InChI=1S/C17H24N4O4/c1-10-11(2)18-14-8-12(19-21(14)15(10)22)13-9-24-7-6-20(13)16(23)25-17(3,4)5/h8,13,18H,6-7,9H2,1-5H3/t13-/m0/s1. The molecule has 136 valence electrons. The Labute approximate surface area is 145 Å². The van der Waals surface area contributed by atoms with Gasteiger partial charge in [0.2, 0.25) is 0 Å². The maximum absolute atomic E-state index is 12.5. The molecule has 0 unspecified atom stereocenters. The molecule has 1 atom stereocenters. The Bertz CT molecular complexity index is 862. The average molecular weight is 348 g/mol. The molecule has 0 spiro atoms. The zero-order valence-corrected chi connectivity index (χ0v) is 15.3. The average Bonchev–Trinajstić information content (AvgIpc) is 2.95. The molecule has 8 heteroatoms. The lowest BCUT2D eigenvalue weighted by atomic mass is 10.1. The van der Waals surface area contributed by atoms with E-state index in [9.17, 15) is 9.59 Å². The molecule has 1 N–H and O–H groups in total. The molecular formula is C17H24N4O4. The molecule has 0 saturated carbocycles. The number of aromatic amines is 1. The number of hydrogen-bond acceptors (Lipinski definition) is 5. The van der Waals surface area contributed by atoms with Crippen molar-refractivity contribution in [3.05, 3.63) is 33.4 Å². The van der Waals surface area contributed by atoms with Gasteiger partial charge in [-0.2, -0.15) is 9.61 Å². The number of hydrogen-bond donors (Lipinski definition) is 1. The van der Waals surface area contributed by atoms with Crippen molar-refractivity contribution < 1.29 is 14.3 Å². The molecule has 1 saturated heterocycles. The Kier molecular flexibility index (Phi) is 4.32. The van der Waals surface area contributed by atoms with Crippen LogP contribution in [0.4, 0.5) is 4.79 Å². The minimum Gasteiger partial charge on any atom is -0.444 e. The first-order valence-electron chi connectivity index (χ1n) is 8.34. The van der Waals surface area contributed by atoms with Gasteiger partial charge in [-0.25, -0.2) is 4.79 Å². The summed E-state index contributed by atoms with van der Waals surface area (Å²) in [7, 11) is 0. The van der Waals surface area contributed by atoms with Gasteiger partial charge in [-0.1, -0.05) is 0 Å². The van der Waals surface area contributed by atoms with Crippen molar-refractivity contribution in [3.8, 4) is 0 Å². The highest BCUT2D eigenvalue weighted by Crippen LogP contribution is 2.25. The molecule has 1 amide bonds. The minimum absolute atomic E-state index is 0.168. The van der Waals surface area contributed by atoms with E-state index < -0.39 is 17.7 Å². The molecule has 25 heavy (non-hydrogen) atoms. The molecular weight excluding hydrogens is 324 g/mol. The Morgan fingerprint density at radius 2 is 2.12 bits per heavy atom. The van der Waals surface area contributed by atoms with Crippen LogP contribution in [0.3, 0.4) is 0 Å². The van der Waals surface area contributed by atoms with Gasteiger partial charge in [0.05, 0.1) is 18.9 Å². The van der Waals surface area contributed by atoms with Crippen LogP contribution in [0.2, 0.25) is 0 Å². The lowest BCUT2D eigenvalue weighted by Crippen LogP contribution is -2.45. The van der Waals surface area contributed by atoms with E-state index in [0.717, 1.165) is 5.69 Å². The van der Waals surface area contributed by atoms with Gasteiger partial charge < -0.3 is 14.5 Å². The molecule has 1 aliphatic heterocycles. The fraction of sp³-hybridized carbons (Fsp3) is 0.588. The van der Waals surface area contributed by atoms with Crippen LogP contribution in [0.25, 0.3) is 5.65 Å². The van der Waals surface area contributed by atoms with Crippen LogP contribution in [-0.2, 0) is 9.47 Å². The van der Waals surface area contributed by atoms with E-state index in [1.165, 1.54) is 4.52 Å². The molecule has 2 aromatic heterocycles. The SMILES string of the molecule is Cc1[nH]c2cc([C@@H]3COCCN3C(=O)OC(C)(C)C)nn2c(=O)c1C. The second-order valence-electron chi connectivity index (χ2n) is 7.31. The van der Waals surface area contributed by atoms with Crippen molar-refractivity contribution >= 4 is 11.7 Å². The summed E-state index contributed by atoms with van der Waals surface area (Å²) in [5, 5.41) is 4.41. The van der Waals surface area contributed by atoms with E-state index in [0.29, 0.717) is 36.7 Å². The maximum Gasteiger partial charge on any atom is 0.411 e. The van der Waals surface area contributed by atoms with Gasteiger partial charge in [0, 0.05) is 23.9 Å². The van der Waals surface area contributed by atoms with Gasteiger partial charge in [-0.15, -0.1) is 0 Å². The Morgan fingerprint density at radius 3 is 2.80 bits per heavy atom. The van der Waals surface area contributed by atoms with E-state index in [-0.39, 0.29) is 5.56 Å². The predicted molar refractivity (Wildman–Crippen MR) is 91.8 cm³/mol. The number of morpholine rings is 1. The van der Waals surface area contributed by atoms with Crippen LogP contribution >= 0.6 is 0 Å². The second-order valence-corrected chi connectivity index (χ2v) is 7.31. The van der Waals surface area contributed by atoms with Crippen LogP contribution in [0, 0.1) is 13.8 Å². The maximum atomic E-state index is 12.5. The second kappa shape index (κ2) is 6.18. The summed E-state index contributed by atoms with van der Waals surface area (Å²) in [6.07, 6.45) is -0.406. The van der Waals surface area contributed by atoms with Crippen molar-refractivity contribution in [1.82, 2.24) is 19.5 Å². The summed E-state index contributed by atoms with van der Waals surface area (Å²) in [5.74, 6) is 0. The highest BCUT2D eigenvalue weighted by molar-refractivity contribution is 5.69. The number of aromatic nitrogens is 3. The quantitative estimate of drug-likeness (QED) is 0.851. The number of amides is 1. The van der Waals surface area contributed by atoms with Crippen molar-refractivity contribution in [3.63, 3.8) is 0 Å². The number of rotatable bonds is 1. The molecule has 3 heterocycles. The van der Waals surface area contributed by atoms with Gasteiger partial charge in [0.1, 0.15) is 17.3 Å². The fourth-order valence-corrected chi connectivity index (χ4v) is 2.80. The first kappa shape index (κ1) is 17.5. The fourth-order valence-electron chi connectivity index (χ4n) is 2.80. The molecule has 2 aromatic rings. The van der Waals surface area contributed by atoms with E-state index in [4.69, 9.17) is 9.47 Å². The lowest BCUT2D eigenvalue weighted by molar-refractivity contribution is -0.0341. The third kappa shape index (κ3) is 3.39. The van der Waals surface area contributed by atoms with Crippen LogP contribution in [0.5, 0.6) is 0 Å². The Morgan fingerprint density at radius 1 is 1.40 bits per heavy atom. The zero-order chi connectivity index (χ0) is 18.4. The van der Waals surface area contributed by atoms with E-state index in [1.54, 1.807) is 17.9 Å². The Hall–Kier alpha value is -2.35. The van der Waals surface area contributed by atoms with Gasteiger partial charge >= 0.3 is 6.09 Å². The normalized spacial score (nSPS) is 18.6. The van der Waals surface area contributed by atoms with Crippen LogP contribution in [0.1, 0.15) is 43.8 Å². The largest absolute Gasteiger partial charge is 0.444 e. The van der Waals surface area contributed by atoms with E-state index in [2.05, 4.69) is 10.1 Å². The molecule has 0 aliphatic carbocycles. The molecule has 0 aromatic carbocycles. The van der Waals surface area contributed by atoms with Gasteiger partial charge in [0.25, 0.3) is 5.56 Å². The van der Waals surface area contributed by atoms with Gasteiger partial charge in [-0.3, -0.25) is 9.69 Å².